The molecule has 1 aromatic heterocycles. The molecular weight excluding hydrogens is 494 g/mol. The number of ether oxygens (including phenoxy) is 1. The number of amides is 1. The fraction of sp³-hybridized carbons (Fsp3) is 0.438. The molecule has 5 nitrogen and oxygen atoms in total. The van der Waals surface area contributed by atoms with E-state index in [0.29, 0.717) is 23.0 Å². The van der Waals surface area contributed by atoms with Crippen molar-refractivity contribution in [2.75, 3.05) is 33.3 Å². The standard InChI is InChI=1S/C32H38ClN3O2/c1-38-31-26-10-3-2-8-23(26)13-14-27(31)24-15-20-36(21-16-24)19-5-4-18-35-32(37)28-11-6-12-29(33)30(28)25-9-7-17-34-22-25/h6-7,9,11-14,17,22,24H,2-5,8,10,15-16,18-21H2,1H3,(H,35,37). The molecule has 200 valence electrons. The molecule has 2 heterocycles. The van der Waals surface area contributed by atoms with Gasteiger partial charge in [-0.15, -0.1) is 0 Å². The van der Waals surface area contributed by atoms with Crippen LogP contribution in [0.25, 0.3) is 11.1 Å². The predicted octanol–water partition coefficient (Wildman–Crippen LogP) is 6.68. The Morgan fingerprint density at radius 1 is 1.08 bits per heavy atom. The Bertz CT molecular complexity index is 1240. The highest BCUT2D eigenvalue weighted by molar-refractivity contribution is 6.34. The van der Waals surface area contributed by atoms with Crippen molar-refractivity contribution in [3.05, 3.63) is 82.1 Å². The molecule has 1 aliphatic heterocycles. The van der Waals surface area contributed by atoms with Crippen LogP contribution in [0.4, 0.5) is 0 Å². The summed E-state index contributed by atoms with van der Waals surface area (Å²) in [6.45, 7) is 3.96. The number of fused-ring (bicyclic) bond motifs is 1. The van der Waals surface area contributed by atoms with Gasteiger partial charge in [-0.05, 0) is 112 Å². The Hall–Kier alpha value is -2.89. The number of nitrogens with one attached hydrogen (secondary N) is 1. The second kappa shape index (κ2) is 12.8. The van der Waals surface area contributed by atoms with E-state index in [2.05, 4.69) is 27.3 Å². The smallest absolute Gasteiger partial charge is 0.251 e. The number of pyridine rings is 1. The minimum Gasteiger partial charge on any atom is -0.496 e. The molecule has 1 saturated heterocycles. The largest absolute Gasteiger partial charge is 0.496 e. The van der Waals surface area contributed by atoms with Gasteiger partial charge in [-0.25, -0.2) is 0 Å². The van der Waals surface area contributed by atoms with Gasteiger partial charge in [0.2, 0.25) is 0 Å². The van der Waals surface area contributed by atoms with E-state index in [4.69, 9.17) is 16.3 Å². The predicted molar refractivity (Wildman–Crippen MR) is 154 cm³/mol. The van der Waals surface area contributed by atoms with E-state index in [9.17, 15) is 4.79 Å². The van der Waals surface area contributed by atoms with Gasteiger partial charge in [0.25, 0.3) is 5.91 Å². The maximum atomic E-state index is 13.0. The Labute approximate surface area is 231 Å². The molecular formula is C32H38ClN3O2. The summed E-state index contributed by atoms with van der Waals surface area (Å²) in [5.74, 6) is 1.66. The second-order valence-electron chi connectivity index (χ2n) is 10.5. The summed E-state index contributed by atoms with van der Waals surface area (Å²) < 4.78 is 5.95. The summed E-state index contributed by atoms with van der Waals surface area (Å²) in [5.41, 5.74) is 6.54. The average molecular weight is 532 g/mol. The summed E-state index contributed by atoms with van der Waals surface area (Å²) >= 11 is 6.45. The summed E-state index contributed by atoms with van der Waals surface area (Å²) in [6, 6.07) is 13.9. The number of nitrogens with zero attached hydrogens (tertiary/aromatic N) is 2. The molecule has 0 spiro atoms. The number of piperidine rings is 1. The van der Waals surface area contributed by atoms with Crippen molar-refractivity contribution in [3.63, 3.8) is 0 Å². The lowest BCUT2D eigenvalue weighted by molar-refractivity contribution is 0.0953. The summed E-state index contributed by atoms with van der Waals surface area (Å²) in [6.07, 6.45) is 12.7. The number of hydrogen-bond acceptors (Lipinski definition) is 4. The van der Waals surface area contributed by atoms with Crippen molar-refractivity contribution in [1.82, 2.24) is 15.2 Å². The number of unbranched alkanes of at least 4 members (excludes halogenated alkanes) is 1. The Kier molecular flexibility index (Phi) is 8.98. The molecule has 0 bridgehead atoms. The maximum Gasteiger partial charge on any atom is 0.251 e. The van der Waals surface area contributed by atoms with Crippen LogP contribution in [0.1, 0.15) is 71.5 Å². The van der Waals surface area contributed by atoms with Gasteiger partial charge in [0.05, 0.1) is 7.11 Å². The third kappa shape index (κ3) is 6.05. The SMILES string of the molecule is COc1c(C2CCN(CCCCNC(=O)c3cccc(Cl)c3-c3cccnc3)CC2)ccc2c1CCCC2. The molecule has 38 heavy (non-hydrogen) atoms. The summed E-state index contributed by atoms with van der Waals surface area (Å²) in [4.78, 5) is 19.7. The molecule has 3 aromatic rings. The van der Waals surface area contributed by atoms with Crippen LogP contribution in [-0.4, -0.2) is 49.1 Å². The Morgan fingerprint density at radius 3 is 2.71 bits per heavy atom. The van der Waals surface area contributed by atoms with Gasteiger partial charge < -0.3 is 15.0 Å². The molecule has 0 atom stereocenters. The number of carbonyl (C=O) groups is 1. The zero-order valence-corrected chi connectivity index (χ0v) is 23.1. The van der Waals surface area contributed by atoms with E-state index in [-0.39, 0.29) is 5.91 Å². The number of methoxy groups -OCH3 is 1. The molecule has 1 amide bonds. The molecule has 1 aliphatic carbocycles. The molecule has 0 unspecified atom stereocenters. The normalized spacial score (nSPS) is 16.2. The van der Waals surface area contributed by atoms with Crippen molar-refractivity contribution in [1.29, 1.82) is 0 Å². The topological polar surface area (TPSA) is 54.5 Å². The summed E-state index contributed by atoms with van der Waals surface area (Å²) in [5, 5.41) is 3.65. The third-order valence-corrected chi connectivity index (χ3v) is 8.45. The number of aromatic nitrogens is 1. The first-order valence-corrected chi connectivity index (χ1v) is 14.4. The highest BCUT2D eigenvalue weighted by Crippen LogP contribution is 2.40. The van der Waals surface area contributed by atoms with Crippen LogP contribution >= 0.6 is 11.6 Å². The van der Waals surface area contributed by atoms with Gasteiger partial charge in [0.1, 0.15) is 5.75 Å². The summed E-state index contributed by atoms with van der Waals surface area (Å²) in [7, 11) is 1.84. The van der Waals surface area contributed by atoms with E-state index in [0.717, 1.165) is 50.0 Å². The molecule has 2 aromatic carbocycles. The van der Waals surface area contributed by atoms with Crippen molar-refractivity contribution in [2.45, 2.75) is 57.3 Å². The van der Waals surface area contributed by atoms with Gasteiger partial charge in [0.15, 0.2) is 0 Å². The molecule has 0 saturated carbocycles. The molecule has 1 N–H and O–H groups in total. The van der Waals surface area contributed by atoms with E-state index in [1.807, 2.05) is 37.4 Å². The quantitative estimate of drug-likeness (QED) is 0.313. The number of hydrogen-bond donors (Lipinski definition) is 1. The first-order valence-electron chi connectivity index (χ1n) is 14.0. The highest BCUT2D eigenvalue weighted by atomic mass is 35.5. The Morgan fingerprint density at radius 2 is 1.92 bits per heavy atom. The van der Waals surface area contributed by atoms with Crippen LogP contribution in [0.2, 0.25) is 5.02 Å². The number of benzene rings is 2. The molecule has 2 aliphatic rings. The van der Waals surface area contributed by atoms with E-state index in [1.54, 1.807) is 12.4 Å². The fourth-order valence-electron chi connectivity index (χ4n) is 6.12. The fourth-order valence-corrected chi connectivity index (χ4v) is 6.40. The van der Waals surface area contributed by atoms with Crippen LogP contribution in [0.3, 0.4) is 0 Å². The lowest BCUT2D eigenvalue weighted by atomic mass is 9.83. The zero-order chi connectivity index (χ0) is 26.3. The Balaban J connectivity index is 1.08. The number of rotatable bonds is 9. The van der Waals surface area contributed by atoms with E-state index in [1.165, 1.54) is 54.5 Å². The van der Waals surface area contributed by atoms with E-state index < -0.39 is 0 Å². The lowest BCUT2D eigenvalue weighted by Gasteiger charge is -2.33. The number of likely N-dealkylation sites (tertiary alicyclic amines) is 1. The lowest BCUT2D eigenvalue weighted by Crippen LogP contribution is -2.34. The minimum atomic E-state index is -0.0915. The third-order valence-electron chi connectivity index (χ3n) is 8.14. The van der Waals surface area contributed by atoms with Crippen molar-refractivity contribution in [3.8, 4) is 16.9 Å². The van der Waals surface area contributed by atoms with Crippen LogP contribution in [0.5, 0.6) is 5.75 Å². The van der Waals surface area contributed by atoms with Crippen molar-refractivity contribution in [2.24, 2.45) is 0 Å². The molecule has 5 rings (SSSR count). The number of aryl methyl sites for hydroxylation is 1. The van der Waals surface area contributed by atoms with Gasteiger partial charge in [0, 0.05) is 40.7 Å². The first kappa shape index (κ1) is 26.7. The average Bonchev–Trinajstić information content (AvgIpc) is 2.97. The van der Waals surface area contributed by atoms with E-state index >= 15 is 0 Å². The maximum absolute atomic E-state index is 13.0. The number of carbonyl (C=O) groups excluding carboxylic acids is 1. The zero-order valence-electron chi connectivity index (χ0n) is 22.3. The van der Waals surface area contributed by atoms with Gasteiger partial charge in [-0.2, -0.15) is 0 Å². The minimum absolute atomic E-state index is 0.0915. The highest BCUT2D eigenvalue weighted by Gasteiger charge is 2.26. The van der Waals surface area contributed by atoms with Crippen molar-refractivity contribution < 1.29 is 9.53 Å². The van der Waals surface area contributed by atoms with Gasteiger partial charge >= 0.3 is 0 Å². The van der Waals surface area contributed by atoms with Crippen molar-refractivity contribution >= 4 is 17.5 Å². The van der Waals surface area contributed by atoms with Gasteiger partial charge in [-0.3, -0.25) is 9.78 Å². The van der Waals surface area contributed by atoms with Crippen LogP contribution in [0, 0.1) is 0 Å². The molecule has 6 heteroatoms. The first-order chi connectivity index (χ1) is 18.7. The van der Waals surface area contributed by atoms with Crippen LogP contribution in [-0.2, 0) is 12.8 Å². The second-order valence-corrected chi connectivity index (χ2v) is 10.9. The molecule has 0 radical (unpaired) electrons. The number of halogens is 1. The van der Waals surface area contributed by atoms with Gasteiger partial charge in [-0.1, -0.05) is 35.9 Å². The van der Waals surface area contributed by atoms with Crippen LogP contribution in [0.15, 0.2) is 54.9 Å². The van der Waals surface area contributed by atoms with Crippen LogP contribution < -0.4 is 10.1 Å². The monoisotopic (exact) mass is 531 g/mol. The molecule has 1 fully saturated rings.